The molecule has 2 aliphatic rings. The highest BCUT2D eigenvalue weighted by atomic mass is 16.3. The topological polar surface area (TPSA) is 57.5 Å². The number of fused-ring (bicyclic) bond motifs is 1. The fourth-order valence-corrected chi connectivity index (χ4v) is 5.66. The molecule has 0 aliphatic heterocycles. The van der Waals surface area contributed by atoms with Gasteiger partial charge < -0.3 is 10.2 Å². The molecule has 0 bridgehead atoms. The van der Waals surface area contributed by atoms with Crippen LogP contribution in [0.25, 0.3) is 0 Å². The Morgan fingerprint density at radius 2 is 1.87 bits per heavy atom. The number of carbonyl (C=O) groups is 1. The van der Waals surface area contributed by atoms with E-state index in [9.17, 15) is 9.90 Å². The molecule has 2 saturated carbocycles. The maximum absolute atomic E-state index is 12.3. The van der Waals surface area contributed by atoms with Crippen LogP contribution in [-0.2, 0) is 4.79 Å². The molecule has 0 heterocycles. The van der Waals surface area contributed by atoms with Crippen LogP contribution in [0.5, 0.6) is 0 Å². The minimum Gasteiger partial charge on any atom is -0.392 e. The van der Waals surface area contributed by atoms with Crippen LogP contribution in [0.4, 0.5) is 0 Å². The molecule has 0 aromatic rings. The van der Waals surface area contributed by atoms with Crippen LogP contribution in [0.15, 0.2) is 11.6 Å². The van der Waals surface area contributed by atoms with Crippen molar-refractivity contribution in [2.45, 2.75) is 78.7 Å². The normalized spacial score (nSPS) is 40.0. The minimum atomic E-state index is -0.925. The Labute approximate surface area is 141 Å². The third kappa shape index (κ3) is 3.02. The lowest BCUT2D eigenvalue weighted by Crippen LogP contribution is -2.53. The SMILES string of the molecule is CC(=O)C1CC2C(C)(C)CCCC2(C)C1(O)CCC(C)=CCO. The monoisotopic (exact) mass is 322 g/mol. The molecule has 4 unspecified atom stereocenters. The van der Waals surface area contributed by atoms with Gasteiger partial charge in [-0.25, -0.2) is 0 Å². The molecular formula is C20H34O3. The van der Waals surface area contributed by atoms with Gasteiger partial charge in [-0.2, -0.15) is 0 Å². The highest BCUT2D eigenvalue weighted by Gasteiger charge is 2.66. The summed E-state index contributed by atoms with van der Waals surface area (Å²) in [5.41, 5.74) is 0.155. The van der Waals surface area contributed by atoms with E-state index in [-0.39, 0.29) is 29.1 Å². The number of Topliss-reactive ketones (excluding diaryl/α,β-unsaturated/α-hetero) is 1. The number of aliphatic hydroxyl groups is 2. The number of carbonyl (C=O) groups excluding carboxylic acids is 1. The molecule has 0 spiro atoms. The summed E-state index contributed by atoms with van der Waals surface area (Å²) in [4.78, 5) is 12.3. The Morgan fingerprint density at radius 1 is 1.22 bits per heavy atom. The molecule has 132 valence electrons. The Morgan fingerprint density at radius 3 is 2.43 bits per heavy atom. The summed E-state index contributed by atoms with van der Waals surface area (Å²) >= 11 is 0. The van der Waals surface area contributed by atoms with E-state index in [0.717, 1.165) is 31.3 Å². The fourth-order valence-electron chi connectivity index (χ4n) is 5.66. The van der Waals surface area contributed by atoms with Crippen molar-refractivity contribution in [1.82, 2.24) is 0 Å². The molecule has 3 heteroatoms. The van der Waals surface area contributed by atoms with Gasteiger partial charge in [-0.1, -0.05) is 38.8 Å². The third-order valence-electron chi connectivity index (χ3n) is 7.10. The highest BCUT2D eigenvalue weighted by Crippen LogP contribution is 2.66. The zero-order valence-corrected chi connectivity index (χ0v) is 15.5. The first-order chi connectivity index (χ1) is 10.6. The first-order valence-electron chi connectivity index (χ1n) is 9.08. The molecule has 0 aromatic heterocycles. The van der Waals surface area contributed by atoms with Gasteiger partial charge in [0.2, 0.25) is 0 Å². The number of aliphatic hydroxyl groups excluding tert-OH is 1. The van der Waals surface area contributed by atoms with Gasteiger partial charge in [0.25, 0.3) is 0 Å². The van der Waals surface area contributed by atoms with E-state index in [4.69, 9.17) is 5.11 Å². The molecule has 0 amide bonds. The standard InChI is InChI=1S/C20H34O3/c1-14(8-12-21)7-11-20(23)16(15(2)22)13-17-18(3,4)9-6-10-19(17,20)5/h8,16-17,21,23H,6-7,9-13H2,1-5H3. The summed E-state index contributed by atoms with van der Waals surface area (Å²) in [6, 6.07) is 0. The van der Waals surface area contributed by atoms with Gasteiger partial charge in [-0.3, -0.25) is 4.79 Å². The fraction of sp³-hybridized carbons (Fsp3) is 0.850. The average Bonchev–Trinajstić information content (AvgIpc) is 2.67. The number of rotatable bonds is 5. The maximum Gasteiger partial charge on any atom is 0.135 e. The maximum atomic E-state index is 12.3. The van der Waals surface area contributed by atoms with Gasteiger partial charge in [-0.05, 0) is 57.3 Å². The molecule has 3 nitrogen and oxygen atoms in total. The van der Waals surface area contributed by atoms with Crippen molar-refractivity contribution in [2.75, 3.05) is 6.61 Å². The lowest BCUT2D eigenvalue weighted by atomic mass is 9.54. The number of hydrogen-bond acceptors (Lipinski definition) is 3. The molecule has 4 atom stereocenters. The van der Waals surface area contributed by atoms with E-state index in [0.29, 0.717) is 12.3 Å². The van der Waals surface area contributed by atoms with Crippen LogP contribution in [-0.4, -0.2) is 28.2 Å². The smallest absolute Gasteiger partial charge is 0.135 e. The quantitative estimate of drug-likeness (QED) is 0.755. The van der Waals surface area contributed by atoms with Crippen molar-refractivity contribution in [1.29, 1.82) is 0 Å². The van der Waals surface area contributed by atoms with E-state index < -0.39 is 5.60 Å². The van der Waals surface area contributed by atoms with Crippen LogP contribution >= 0.6 is 0 Å². The molecule has 2 fully saturated rings. The van der Waals surface area contributed by atoms with Gasteiger partial charge in [0.1, 0.15) is 5.78 Å². The molecule has 2 aliphatic carbocycles. The van der Waals surface area contributed by atoms with E-state index in [1.807, 2.05) is 6.92 Å². The van der Waals surface area contributed by atoms with E-state index in [1.165, 1.54) is 6.42 Å². The predicted octanol–water partition coefficient (Wildman–Crippen LogP) is 3.88. The first-order valence-corrected chi connectivity index (χ1v) is 9.08. The summed E-state index contributed by atoms with van der Waals surface area (Å²) in [5.74, 6) is 0.268. The van der Waals surface area contributed by atoms with Gasteiger partial charge in [0.05, 0.1) is 12.2 Å². The van der Waals surface area contributed by atoms with Crippen LogP contribution in [0, 0.1) is 22.7 Å². The lowest BCUT2D eigenvalue weighted by molar-refractivity contribution is -0.148. The van der Waals surface area contributed by atoms with Crippen molar-refractivity contribution in [3.63, 3.8) is 0 Å². The minimum absolute atomic E-state index is 0.0350. The van der Waals surface area contributed by atoms with Gasteiger partial charge in [0.15, 0.2) is 0 Å². The second-order valence-corrected chi connectivity index (χ2v) is 8.87. The summed E-state index contributed by atoms with van der Waals surface area (Å²) < 4.78 is 0. The largest absolute Gasteiger partial charge is 0.392 e. The third-order valence-corrected chi connectivity index (χ3v) is 7.10. The van der Waals surface area contributed by atoms with Gasteiger partial charge in [0, 0.05) is 11.3 Å². The zero-order valence-electron chi connectivity index (χ0n) is 15.5. The summed E-state index contributed by atoms with van der Waals surface area (Å²) in [5, 5.41) is 20.8. The molecule has 0 radical (unpaired) electrons. The average molecular weight is 322 g/mol. The predicted molar refractivity (Wildman–Crippen MR) is 93.0 cm³/mol. The van der Waals surface area contributed by atoms with Crippen molar-refractivity contribution in [3.8, 4) is 0 Å². The molecule has 0 saturated heterocycles. The first kappa shape index (κ1) is 18.7. The Bertz CT molecular complexity index is 493. The van der Waals surface area contributed by atoms with Crippen molar-refractivity contribution >= 4 is 5.78 Å². The Balaban J connectivity index is 2.36. The second-order valence-electron chi connectivity index (χ2n) is 8.87. The van der Waals surface area contributed by atoms with Crippen molar-refractivity contribution < 1.29 is 15.0 Å². The van der Waals surface area contributed by atoms with Crippen molar-refractivity contribution in [2.24, 2.45) is 22.7 Å². The van der Waals surface area contributed by atoms with Crippen LogP contribution < -0.4 is 0 Å². The van der Waals surface area contributed by atoms with E-state index in [1.54, 1.807) is 13.0 Å². The summed E-state index contributed by atoms with van der Waals surface area (Å²) in [6.07, 6.45) is 7.27. The van der Waals surface area contributed by atoms with Gasteiger partial charge in [-0.15, -0.1) is 0 Å². The summed E-state index contributed by atoms with van der Waals surface area (Å²) in [7, 11) is 0. The molecule has 2 N–H and O–H groups in total. The molecule has 0 aromatic carbocycles. The second kappa shape index (κ2) is 6.33. The molecule has 23 heavy (non-hydrogen) atoms. The number of ketones is 1. The van der Waals surface area contributed by atoms with Gasteiger partial charge >= 0.3 is 0 Å². The van der Waals surface area contributed by atoms with E-state index >= 15 is 0 Å². The van der Waals surface area contributed by atoms with Crippen molar-refractivity contribution in [3.05, 3.63) is 11.6 Å². The molecular weight excluding hydrogens is 288 g/mol. The lowest BCUT2D eigenvalue weighted by Gasteiger charge is -2.53. The van der Waals surface area contributed by atoms with Crippen LogP contribution in [0.1, 0.15) is 73.1 Å². The van der Waals surface area contributed by atoms with E-state index in [2.05, 4.69) is 20.8 Å². The van der Waals surface area contributed by atoms with Crippen LogP contribution in [0.3, 0.4) is 0 Å². The zero-order chi connectivity index (χ0) is 17.5. The van der Waals surface area contributed by atoms with Crippen LogP contribution in [0.2, 0.25) is 0 Å². The number of hydrogen-bond donors (Lipinski definition) is 2. The summed E-state index contributed by atoms with van der Waals surface area (Å²) in [6.45, 7) is 10.5. The molecule has 2 rings (SSSR count). The Kier molecular flexibility index (Phi) is 5.13. The highest BCUT2D eigenvalue weighted by molar-refractivity contribution is 5.80. The number of allylic oxidation sites excluding steroid dienone is 1. The Hall–Kier alpha value is -0.670.